The summed E-state index contributed by atoms with van der Waals surface area (Å²) in [4.78, 5) is 0. The Morgan fingerprint density at radius 1 is 0.882 bits per heavy atom. The standard InChI is InChI=1S/C16H12O/c1-2-12-8-6-7-11-14(12)16-15(17-16)13-9-4-3-5-10-13/h1,3-11,15-16H. The summed E-state index contributed by atoms with van der Waals surface area (Å²) in [5.41, 5.74) is 3.25. The first kappa shape index (κ1) is 10.1. The Morgan fingerprint density at radius 2 is 1.59 bits per heavy atom. The topological polar surface area (TPSA) is 12.5 Å². The van der Waals surface area contributed by atoms with Gasteiger partial charge in [-0.25, -0.2) is 0 Å². The first-order valence-electron chi connectivity index (χ1n) is 5.66. The Hall–Kier alpha value is -2.04. The molecule has 0 saturated carbocycles. The molecule has 1 nitrogen and oxygen atoms in total. The van der Waals surface area contributed by atoms with Gasteiger partial charge in [0.1, 0.15) is 12.2 Å². The molecule has 1 saturated heterocycles. The minimum absolute atomic E-state index is 0.115. The number of rotatable bonds is 2. The normalized spacial score (nSPS) is 21.8. The molecule has 1 fully saturated rings. The van der Waals surface area contributed by atoms with Crippen LogP contribution in [0.4, 0.5) is 0 Å². The minimum atomic E-state index is 0.115. The van der Waals surface area contributed by atoms with Gasteiger partial charge in [0, 0.05) is 5.56 Å². The van der Waals surface area contributed by atoms with E-state index in [1.807, 2.05) is 42.5 Å². The van der Waals surface area contributed by atoms with Gasteiger partial charge in [-0.1, -0.05) is 54.5 Å². The van der Waals surface area contributed by atoms with Gasteiger partial charge in [-0.15, -0.1) is 6.42 Å². The van der Waals surface area contributed by atoms with Gasteiger partial charge in [0.2, 0.25) is 0 Å². The van der Waals surface area contributed by atoms with Crippen molar-refractivity contribution in [2.24, 2.45) is 0 Å². The summed E-state index contributed by atoms with van der Waals surface area (Å²) in [6.07, 6.45) is 5.77. The van der Waals surface area contributed by atoms with E-state index < -0.39 is 0 Å². The smallest absolute Gasteiger partial charge is 0.115 e. The van der Waals surface area contributed by atoms with Crippen molar-refractivity contribution in [2.75, 3.05) is 0 Å². The van der Waals surface area contributed by atoms with Gasteiger partial charge in [0.25, 0.3) is 0 Å². The molecule has 1 heteroatoms. The van der Waals surface area contributed by atoms with E-state index in [2.05, 4.69) is 18.1 Å². The monoisotopic (exact) mass is 220 g/mol. The summed E-state index contributed by atoms with van der Waals surface area (Å²) in [6, 6.07) is 18.2. The van der Waals surface area contributed by atoms with Crippen LogP contribution in [0.3, 0.4) is 0 Å². The van der Waals surface area contributed by atoms with E-state index in [0.717, 1.165) is 11.1 Å². The zero-order valence-corrected chi connectivity index (χ0v) is 9.34. The van der Waals surface area contributed by atoms with Crippen LogP contribution >= 0.6 is 0 Å². The molecular weight excluding hydrogens is 208 g/mol. The highest BCUT2D eigenvalue weighted by Gasteiger charge is 2.42. The van der Waals surface area contributed by atoms with E-state index in [1.54, 1.807) is 0 Å². The second-order valence-corrected chi connectivity index (χ2v) is 4.12. The lowest BCUT2D eigenvalue weighted by atomic mass is 10.0. The highest BCUT2D eigenvalue weighted by atomic mass is 16.6. The van der Waals surface area contributed by atoms with Crippen LogP contribution in [0.1, 0.15) is 28.9 Å². The number of epoxide rings is 1. The zero-order valence-electron chi connectivity index (χ0n) is 9.34. The molecule has 2 aromatic rings. The molecule has 0 aliphatic carbocycles. The fraction of sp³-hybridized carbons (Fsp3) is 0.125. The van der Waals surface area contributed by atoms with Gasteiger partial charge in [0.15, 0.2) is 0 Å². The molecule has 82 valence electrons. The van der Waals surface area contributed by atoms with Crippen molar-refractivity contribution >= 4 is 0 Å². The van der Waals surface area contributed by atoms with Gasteiger partial charge in [-0.05, 0) is 17.2 Å². The van der Waals surface area contributed by atoms with Gasteiger partial charge >= 0.3 is 0 Å². The molecule has 0 spiro atoms. The maximum Gasteiger partial charge on any atom is 0.115 e. The van der Waals surface area contributed by atoms with Crippen molar-refractivity contribution in [2.45, 2.75) is 12.2 Å². The Kier molecular flexibility index (Phi) is 2.44. The summed E-state index contributed by atoms with van der Waals surface area (Å²) < 4.78 is 5.74. The van der Waals surface area contributed by atoms with Crippen LogP contribution in [-0.4, -0.2) is 0 Å². The quantitative estimate of drug-likeness (QED) is 0.557. The van der Waals surface area contributed by atoms with Crippen molar-refractivity contribution in [1.82, 2.24) is 0 Å². The van der Waals surface area contributed by atoms with E-state index in [9.17, 15) is 0 Å². The van der Waals surface area contributed by atoms with Gasteiger partial charge in [0.05, 0.1) is 0 Å². The third kappa shape index (κ3) is 1.84. The van der Waals surface area contributed by atoms with Gasteiger partial charge in [-0.2, -0.15) is 0 Å². The van der Waals surface area contributed by atoms with Crippen LogP contribution in [-0.2, 0) is 4.74 Å². The van der Waals surface area contributed by atoms with Gasteiger partial charge in [-0.3, -0.25) is 0 Å². The Bertz CT molecular complexity index is 566. The van der Waals surface area contributed by atoms with Crippen LogP contribution in [0, 0.1) is 12.3 Å². The van der Waals surface area contributed by atoms with E-state index in [1.165, 1.54) is 5.56 Å². The lowest BCUT2D eigenvalue weighted by Gasteiger charge is -2.00. The second kappa shape index (κ2) is 4.08. The Morgan fingerprint density at radius 3 is 2.35 bits per heavy atom. The summed E-state index contributed by atoms with van der Waals surface area (Å²) >= 11 is 0. The molecule has 0 aromatic heterocycles. The highest BCUT2D eigenvalue weighted by molar-refractivity contribution is 5.44. The molecular formula is C16H12O. The lowest BCUT2D eigenvalue weighted by molar-refractivity contribution is 0.377. The Balaban J connectivity index is 1.88. The van der Waals surface area contributed by atoms with Crippen LogP contribution in [0.5, 0.6) is 0 Å². The van der Waals surface area contributed by atoms with Crippen molar-refractivity contribution in [3.8, 4) is 12.3 Å². The van der Waals surface area contributed by atoms with Crippen molar-refractivity contribution in [1.29, 1.82) is 0 Å². The number of hydrogen-bond donors (Lipinski definition) is 0. The fourth-order valence-electron chi connectivity index (χ4n) is 2.12. The summed E-state index contributed by atoms with van der Waals surface area (Å²) in [6.45, 7) is 0. The van der Waals surface area contributed by atoms with Crippen LogP contribution in [0.25, 0.3) is 0 Å². The summed E-state index contributed by atoms with van der Waals surface area (Å²) in [5.74, 6) is 2.71. The first-order chi connectivity index (χ1) is 8.40. The average molecular weight is 220 g/mol. The number of benzene rings is 2. The van der Waals surface area contributed by atoms with Crippen LogP contribution in [0.2, 0.25) is 0 Å². The van der Waals surface area contributed by atoms with E-state index in [4.69, 9.17) is 11.2 Å². The summed E-state index contributed by atoms with van der Waals surface area (Å²) in [7, 11) is 0. The average Bonchev–Trinajstić information content (AvgIpc) is 3.20. The van der Waals surface area contributed by atoms with Crippen LogP contribution in [0.15, 0.2) is 54.6 Å². The fourth-order valence-corrected chi connectivity index (χ4v) is 2.12. The molecule has 2 unspecified atom stereocenters. The van der Waals surface area contributed by atoms with Gasteiger partial charge < -0.3 is 4.74 Å². The zero-order chi connectivity index (χ0) is 11.7. The number of ether oxygens (including phenoxy) is 1. The molecule has 1 aliphatic rings. The highest BCUT2D eigenvalue weighted by Crippen LogP contribution is 2.51. The predicted molar refractivity (Wildman–Crippen MR) is 67.4 cm³/mol. The molecule has 0 amide bonds. The van der Waals surface area contributed by atoms with Crippen LogP contribution < -0.4 is 0 Å². The molecule has 0 bridgehead atoms. The van der Waals surface area contributed by atoms with Crippen molar-refractivity contribution in [3.05, 3.63) is 71.3 Å². The Labute approximate surface area is 101 Å². The first-order valence-corrected chi connectivity index (χ1v) is 5.66. The maximum absolute atomic E-state index is 5.74. The third-order valence-corrected chi connectivity index (χ3v) is 3.04. The minimum Gasteiger partial charge on any atom is -0.359 e. The van der Waals surface area contributed by atoms with E-state index in [0.29, 0.717) is 0 Å². The van der Waals surface area contributed by atoms with E-state index >= 15 is 0 Å². The number of terminal acetylenes is 1. The molecule has 0 radical (unpaired) electrons. The molecule has 1 heterocycles. The van der Waals surface area contributed by atoms with Crippen molar-refractivity contribution < 1.29 is 4.74 Å². The lowest BCUT2D eigenvalue weighted by Crippen LogP contribution is -1.88. The molecule has 0 N–H and O–H groups in total. The predicted octanol–water partition coefficient (Wildman–Crippen LogP) is 3.48. The second-order valence-electron chi connectivity index (χ2n) is 4.12. The molecule has 2 aromatic carbocycles. The van der Waals surface area contributed by atoms with E-state index in [-0.39, 0.29) is 12.2 Å². The molecule has 17 heavy (non-hydrogen) atoms. The molecule has 1 aliphatic heterocycles. The third-order valence-electron chi connectivity index (χ3n) is 3.04. The molecule has 2 atom stereocenters. The molecule has 3 rings (SSSR count). The largest absolute Gasteiger partial charge is 0.359 e. The summed E-state index contributed by atoms with van der Waals surface area (Å²) in [5, 5.41) is 0. The SMILES string of the molecule is C#Cc1ccccc1C1OC1c1ccccc1. The maximum atomic E-state index is 5.74. The number of hydrogen-bond acceptors (Lipinski definition) is 1. The van der Waals surface area contributed by atoms with Crippen molar-refractivity contribution in [3.63, 3.8) is 0 Å².